The smallest absolute Gasteiger partial charge is 0.118 e. The molecule has 3 rings (SSSR count). The van der Waals surface area contributed by atoms with E-state index >= 15 is 0 Å². The third-order valence-electron chi connectivity index (χ3n) is 3.62. The van der Waals surface area contributed by atoms with E-state index < -0.39 is 0 Å². The van der Waals surface area contributed by atoms with Gasteiger partial charge in [0.25, 0.3) is 0 Å². The Labute approximate surface area is 112 Å². The summed E-state index contributed by atoms with van der Waals surface area (Å²) < 4.78 is 5.18. The average Bonchev–Trinajstić information content (AvgIpc) is 2.86. The highest BCUT2D eigenvalue weighted by Gasteiger charge is 2.30. The Morgan fingerprint density at radius 2 is 1.94 bits per heavy atom. The van der Waals surface area contributed by atoms with Crippen molar-refractivity contribution in [2.75, 3.05) is 12.4 Å². The van der Waals surface area contributed by atoms with Crippen LogP contribution in [0.4, 0.5) is 5.69 Å². The number of anilines is 1. The molecule has 1 aromatic heterocycles. The first-order valence-electron chi connectivity index (χ1n) is 6.28. The molecule has 0 aliphatic heterocycles. The molecule has 94 valence electrons. The van der Waals surface area contributed by atoms with Crippen molar-refractivity contribution in [3.05, 3.63) is 46.7 Å². The van der Waals surface area contributed by atoms with Crippen LogP contribution in [-0.4, -0.2) is 13.2 Å². The maximum absolute atomic E-state index is 5.18. The van der Waals surface area contributed by atoms with Gasteiger partial charge in [-0.1, -0.05) is 12.1 Å². The topological polar surface area (TPSA) is 21.3 Å². The molecule has 1 aliphatic rings. The van der Waals surface area contributed by atoms with E-state index in [2.05, 4.69) is 46.4 Å². The van der Waals surface area contributed by atoms with Gasteiger partial charge in [0.05, 0.1) is 7.11 Å². The minimum atomic E-state index is 0.631. The van der Waals surface area contributed by atoms with Crippen LogP contribution >= 0.6 is 11.3 Å². The Bertz CT molecular complexity index is 486. The molecule has 0 saturated heterocycles. The van der Waals surface area contributed by atoms with Gasteiger partial charge in [-0.3, -0.25) is 0 Å². The number of thiophene rings is 1. The fourth-order valence-corrected chi connectivity index (χ4v) is 3.06. The summed E-state index contributed by atoms with van der Waals surface area (Å²) in [5.41, 5.74) is 2.69. The molecule has 18 heavy (non-hydrogen) atoms. The van der Waals surface area contributed by atoms with Crippen molar-refractivity contribution >= 4 is 17.0 Å². The first-order valence-corrected chi connectivity index (χ1v) is 7.22. The van der Waals surface area contributed by atoms with Crippen molar-refractivity contribution in [1.82, 2.24) is 0 Å². The number of methoxy groups -OCH3 is 1. The lowest BCUT2D eigenvalue weighted by Gasteiger charge is -2.36. The van der Waals surface area contributed by atoms with Gasteiger partial charge < -0.3 is 10.1 Å². The highest BCUT2D eigenvalue weighted by molar-refractivity contribution is 7.08. The van der Waals surface area contributed by atoms with Gasteiger partial charge in [-0.2, -0.15) is 11.3 Å². The molecule has 1 aromatic carbocycles. The molecule has 2 nitrogen and oxygen atoms in total. The maximum atomic E-state index is 5.18. The summed E-state index contributed by atoms with van der Waals surface area (Å²) in [6.07, 6.45) is 2.45. The number of ether oxygens (including phenoxy) is 1. The zero-order chi connectivity index (χ0) is 12.4. The number of benzene rings is 1. The van der Waals surface area contributed by atoms with E-state index in [9.17, 15) is 0 Å². The zero-order valence-electron chi connectivity index (χ0n) is 10.4. The van der Waals surface area contributed by atoms with Gasteiger partial charge in [0.1, 0.15) is 5.75 Å². The van der Waals surface area contributed by atoms with E-state index in [0.29, 0.717) is 12.0 Å². The molecule has 1 fully saturated rings. The summed E-state index contributed by atoms with van der Waals surface area (Å²) >= 11 is 1.74. The van der Waals surface area contributed by atoms with E-state index in [1.807, 2.05) is 0 Å². The third-order valence-corrected chi connectivity index (χ3v) is 4.30. The Morgan fingerprint density at radius 3 is 2.56 bits per heavy atom. The standard InChI is InChI=1S/C15H17NOS/c1-17-15-4-2-11(3-5-15)12-8-14(9-12)16-13-6-7-18-10-13/h2-7,10,12,14,16H,8-9H2,1H3. The second-order valence-electron chi connectivity index (χ2n) is 4.79. The predicted octanol–water partition coefficient (Wildman–Crippen LogP) is 4.11. The SMILES string of the molecule is COc1ccc(C2CC(Nc3ccsc3)C2)cc1. The molecule has 0 bridgehead atoms. The van der Waals surface area contributed by atoms with Crippen molar-refractivity contribution in [3.63, 3.8) is 0 Å². The minimum Gasteiger partial charge on any atom is -0.497 e. The first-order chi connectivity index (χ1) is 8.85. The summed E-state index contributed by atoms with van der Waals surface area (Å²) in [6, 6.07) is 11.2. The van der Waals surface area contributed by atoms with Crippen LogP contribution in [0.1, 0.15) is 24.3 Å². The zero-order valence-corrected chi connectivity index (χ0v) is 11.2. The van der Waals surface area contributed by atoms with E-state index in [-0.39, 0.29) is 0 Å². The molecular formula is C15H17NOS. The second kappa shape index (κ2) is 5.02. The van der Waals surface area contributed by atoms with Crippen LogP contribution in [0.15, 0.2) is 41.1 Å². The molecule has 1 saturated carbocycles. The molecule has 0 amide bonds. The van der Waals surface area contributed by atoms with E-state index in [4.69, 9.17) is 4.74 Å². The van der Waals surface area contributed by atoms with Crippen LogP contribution < -0.4 is 10.1 Å². The third kappa shape index (κ3) is 2.36. The first kappa shape index (κ1) is 11.6. The number of hydrogen-bond acceptors (Lipinski definition) is 3. The normalized spacial score (nSPS) is 22.3. The largest absolute Gasteiger partial charge is 0.497 e. The Kier molecular flexibility index (Phi) is 3.24. The molecule has 1 N–H and O–H groups in total. The van der Waals surface area contributed by atoms with Crippen LogP contribution in [-0.2, 0) is 0 Å². The molecule has 2 aromatic rings. The van der Waals surface area contributed by atoms with Gasteiger partial charge >= 0.3 is 0 Å². The van der Waals surface area contributed by atoms with Crippen molar-refractivity contribution in [3.8, 4) is 5.75 Å². The minimum absolute atomic E-state index is 0.631. The van der Waals surface area contributed by atoms with Crippen molar-refractivity contribution in [2.24, 2.45) is 0 Å². The van der Waals surface area contributed by atoms with E-state index in [0.717, 1.165) is 5.75 Å². The van der Waals surface area contributed by atoms with Gasteiger partial charge in [0.15, 0.2) is 0 Å². The lowest BCUT2D eigenvalue weighted by Crippen LogP contribution is -2.33. The summed E-state index contributed by atoms with van der Waals surface area (Å²) in [5, 5.41) is 7.85. The number of nitrogens with one attached hydrogen (secondary N) is 1. The Balaban J connectivity index is 1.54. The molecule has 1 aliphatic carbocycles. The van der Waals surface area contributed by atoms with Crippen LogP contribution in [0.5, 0.6) is 5.75 Å². The van der Waals surface area contributed by atoms with E-state index in [1.54, 1.807) is 18.4 Å². The van der Waals surface area contributed by atoms with Gasteiger partial charge in [-0.25, -0.2) is 0 Å². The van der Waals surface area contributed by atoms with Gasteiger partial charge in [-0.05, 0) is 47.9 Å². The predicted molar refractivity (Wildman–Crippen MR) is 76.7 cm³/mol. The summed E-state index contributed by atoms with van der Waals surface area (Å²) in [6.45, 7) is 0. The van der Waals surface area contributed by atoms with Crippen LogP contribution in [0.3, 0.4) is 0 Å². The summed E-state index contributed by atoms with van der Waals surface area (Å²) in [4.78, 5) is 0. The molecule has 0 radical (unpaired) electrons. The van der Waals surface area contributed by atoms with Crippen molar-refractivity contribution in [1.29, 1.82) is 0 Å². The van der Waals surface area contributed by atoms with Crippen molar-refractivity contribution in [2.45, 2.75) is 24.8 Å². The fraction of sp³-hybridized carbons (Fsp3) is 0.333. The van der Waals surface area contributed by atoms with E-state index in [1.165, 1.54) is 24.1 Å². The summed E-state index contributed by atoms with van der Waals surface area (Å²) in [7, 11) is 1.71. The maximum Gasteiger partial charge on any atom is 0.118 e. The highest BCUT2D eigenvalue weighted by Crippen LogP contribution is 2.39. The van der Waals surface area contributed by atoms with Gasteiger partial charge in [0.2, 0.25) is 0 Å². The van der Waals surface area contributed by atoms with Crippen LogP contribution in [0.2, 0.25) is 0 Å². The number of hydrogen-bond donors (Lipinski definition) is 1. The lowest BCUT2D eigenvalue weighted by molar-refractivity contribution is 0.373. The second-order valence-corrected chi connectivity index (χ2v) is 5.57. The molecule has 3 heteroatoms. The van der Waals surface area contributed by atoms with Gasteiger partial charge in [0, 0.05) is 17.1 Å². The fourth-order valence-electron chi connectivity index (χ4n) is 2.47. The average molecular weight is 259 g/mol. The molecule has 0 atom stereocenters. The Hall–Kier alpha value is -1.48. The summed E-state index contributed by atoms with van der Waals surface area (Å²) in [5.74, 6) is 1.64. The van der Waals surface area contributed by atoms with Gasteiger partial charge in [-0.15, -0.1) is 0 Å². The quantitative estimate of drug-likeness (QED) is 0.892. The van der Waals surface area contributed by atoms with Crippen LogP contribution in [0.25, 0.3) is 0 Å². The highest BCUT2D eigenvalue weighted by atomic mass is 32.1. The molecule has 0 unspecified atom stereocenters. The Morgan fingerprint density at radius 1 is 1.17 bits per heavy atom. The number of rotatable bonds is 4. The van der Waals surface area contributed by atoms with Crippen LogP contribution in [0, 0.1) is 0 Å². The molecule has 0 spiro atoms. The molecular weight excluding hydrogens is 242 g/mol. The lowest BCUT2D eigenvalue weighted by atomic mass is 9.76. The monoisotopic (exact) mass is 259 g/mol. The van der Waals surface area contributed by atoms with Crippen molar-refractivity contribution < 1.29 is 4.74 Å². The molecule has 1 heterocycles.